The summed E-state index contributed by atoms with van der Waals surface area (Å²) >= 11 is 0. The molecule has 0 amide bonds. The zero-order valence-electron chi connectivity index (χ0n) is 26.6. The standard InChI is InChI=1S/C36H58O4S/c1-5-9-13-17-21-29-25-33(26-30(35(29)37)22-18-14-10-6-2)41(39,40)34-27-31(23-19-15-11-7-3)36(38)32(28-34)24-20-16-12-8-4/h25-28,37-38H,5-24H2,1-4H3. The lowest BCUT2D eigenvalue weighted by molar-refractivity contribution is 0.456. The lowest BCUT2D eigenvalue weighted by Gasteiger charge is -2.17. The zero-order chi connectivity index (χ0) is 30.1. The molecule has 0 heterocycles. The number of phenols is 2. The summed E-state index contributed by atoms with van der Waals surface area (Å²) in [5.74, 6) is 0.548. The summed E-state index contributed by atoms with van der Waals surface area (Å²) in [5.41, 5.74) is 2.97. The molecule has 5 heteroatoms. The van der Waals surface area contributed by atoms with Crippen LogP contribution in [0.4, 0.5) is 0 Å². The summed E-state index contributed by atoms with van der Waals surface area (Å²) in [5, 5.41) is 22.3. The molecule has 0 saturated heterocycles. The highest BCUT2D eigenvalue weighted by Crippen LogP contribution is 2.36. The molecular formula is C36H58O4S. The summed E-state index contributed by atoms with van der Waals surface area (Å²) in [6, 6.07) is 6.84. The fraction of sp³-hybridized carbons (Fsp3) is 0.667. The van der Waals surface area contributed by atoms with E-state index in [0.717, 1.165) is 125 Å². The summed E-state index contributed by atoms with van der Waals surface area (Å²) in [7, 11) is -3.83. The van der Waals surface area contributed by atoms with Gasteiger partial charge in [0.05, 0.1) is 9.79 Å². The molecule has 0 spiro atoms. The lowest BCUT2D eigenvalue weighted by Crippen LogP contribution is -2.07. The van der Waals surface area contributed by atoms with Crippen molar-refractivity contribution in [1.82, 2.24) is 0 Å². The molecule has 0 aliphatic heterocycles. The molecule has 2 aromatic carbocycles. The van der Waals surface area contributed by atoms with Crippen LogP contribution in [0.2, 0.25) is 0 Å². The summed E-state index contributed by atoms with van der Waals surface area (Å²) in [6.45, 7) is 8.69. The van der Waals surface area contributed by atoms with E-state index in [1.54, 1.807) is 24.3 Å². The number of rotatable bonds is 22. The molecule has 232 valence electrons. The predicted molar refractivity (Wildman–Crippen MR) is 173 cm³/mol. The van der Waals surface area contributed by atoms with Crippen LogP contribution >= 0.6 is 0 Å². The molecule has 0 atom stereocenters. The Morgan fingerprint density at radius 3 is 0.902 bits per heavy atom. The molecule has 41 heavy (non-hydrogen) atoms. The molecule has 0 aliphatic carbocycles. The van der Waals surface area contributed by atoms with Crippen LogP contribution in [0.1, 0.15) is 153 Å². The van der Waals surface area contributed by atoms with Crippen molar-refractivity contribution >= 4 is 9.84 Å². The first-order valence-corrected chi connectivity index (χ1v) is 18.2. The smallest absolute Gasteiger partial charge is 0.206 e. The van der Waals surface area contributed by atoms with Gasteiger partial charge in [-0.1, -0.05) is 105 Å². The molecule has 2 N–H and O–H groups in total. The van der Waals surface area contributed by atoms with Crippen LogP contribution < -0.4 is 0 Å². The Hall–Kier alpha value is -2.01. The number of aryl methyl sites for hydroxylation is 4. The van der Waals surface area contributed by atoms with Crippen molar-refractivity contribution in [2.24, 2.45) is 0 Å². The fourth-order valence-corrected chi connectivity index (χ4v) is 7.10. The Morgan fingerprint density at radius 2 is 0.683 bits per heavy atom. The van der Waals surface area contributed by atoms with E-state index in [1.165, 1.54) is 0 Å². The predicted octanol–water partition coefficient (Wildman–Crippen LogP) is 10.4. The average Bonchev–Trinajstić information content (AvgIpc) is 2.96. The molecule has 0 radical (unpaired) electrons. The average molecular weight is 587 g/mol. The van der Waals surface area contributed by atoms with Crippen LogP contribution in [0.5, 0.6) is 11.5 Å². The van der Waals surface area contributed by atoms with E-state index >= 15 is 0 Å². The second-order valence-corrected chi connectivity index (χ2v) is 13.9. The molecule has 0 fully saturated rings. The van der Waals surface area contributed by atoms with Gasteiger partial charge in [-0.2, -0.15) is 0 Å². The van der Waals surface area contributed by atoms with Gasteiger partial charge in [-0.15, -0.1) is 0 Å². The van der Waals surface area contributed by atoms with Crippen molar-refractivity contribution < 1.29 is 18.6 Å². The van der Waals surface area contributed by atoms with Gasteiger partial charge in [0.2, 0.25) is 9.84 Å². The van der Waals surface area contributed by atoms with Gasteiger partial charge in [-0.05, 0) is 97.9 Å². The van der Waals surface area contributed by atoms with Gasteiger partial charge in [-0.25, -0.2) is 8.42 Å². The van der Waals surface area contributed by atoms with Gasteiger partial charge in [-0.3, -0.25) is 0 Å². The Morgan fingerprint density at radius 1 is 0.439 bits per heavy atom. The highest BCUT2D eigenvalue weighted by Gasteiger charge is 2.24. The van der Waals surface area contributed by atoms with Gasteiger partial charge in [0, 0.05) is 0 Å². The summed E-state index contributed by atoms with van der Waals surface area (Å²) in [4.78, 5) is 0.539. The quantitative estimate of drug-likeness (QED) is 0.135. The Bertz CT molecular complexity index is 987. The zero-order valence-corrected chi connectivity index (χ0v) is 27.4. The van der Waals surface area contributed by atoms with Crippen LogP contribution in [0.15, 0.2) is 34.1 Å². The Kier molecular flexibility index (Phi) is 16.5. The topological polar surface area (TPSA) is 74.6 Å². The number of hydrogen-bond acceptors (Lipinski definition) is 4. The maximum Gasteiger partial charge on any atom is 0.206 e. The van der Waals surface area contributed by atoms with E-state index in [2.05, 4.69) is 27.7 Å². The molecule has 0 aromatic heterocycles. The molecule has 0 saturated carbocycles. The first kappa shape index (κ1) is 35.2. The van der Waals surface area contributed by atoms with Crippen LogP contribution in [-0.4, -0.2) is 18.6 Å². The van der Waals surface area contributed by atoms with E-state index in [9.17, 15) is 18.6 Å². The van der Waals surface area contributed by atoms with Crippen LogP contribution in [0, 0.1) is 0 Å². The molecule has 4 nitrogen and oxygen atoms in total. The van der Waals surface area contributed by atoms with Crippen molar-refractivity contribution in [2.45, 2.75) is 166 Å². The van der Waals surface area contributed by atoms with Crippen molar-refractivity contribution in [2.75, 3.05) is 0 Å². The van der Waals surface area contributed by atoms with Gasteiger partial charge >= 0.3 is 0 Å². The SMILES string of the molecule is CCCCCCc1cc(S(=O)(=O)c2cc(CCCCCC)c(O)c(CCCCCC)c2)cc(CCCCCC)c1O. The number of unbranched alkanes of at least 4 members (excludes halogenated alkanes) is 12. The van der Waals surface area contributed by atoms with Crippen molar-refractivity contribution in [1.29, 1.82) is 0 Å². The van der Waals surface area contributed by atoms with Crippen LogP contribution in [0.3, 0.4) is 0 Å². The van der Waals surface area contributed by atoms with E-state index in [1.807, 2.05) is 0 Å². The largest absolute Gasteiger partial charge is 0.507 e. The number of hydrogen-bond donors (Lipinski definition) is 2. The number of aromatic hydroxyl groups is 2. The van der Waals surface area contributed by atoms with Crippen molar-refractivity contribution in [3.63, 3.8) is 0 Å². The molecule has 2 aromatic rings. The molecular weight excluding hydrogens is 528 g/mol. The van der Waals surface area contributed by atoms with Crippen LogP contribution in [-0.2, 0) is 35.5 Å². The van der Waals surface area contributed by atoms with Crippen LogP contribution in [0.25, 0.3) is 0 Å². The number of phenolic OH excluding ortho intramolecular Hbond substituents is 2. The second kappa shape index (κ2) is 19.2. The van der Waals surface area contributed by atoms with Crippen molar-refractivity contribution in [3.8, 4) is 11.5 Å². The molecule has 2 rings (SSSR count). The Labute approximate surface area is 251 Å². The minimum Gasteiger partial charge on any atom is -0.507 e. The highest BCUT2D eigenvalue weighted by molar-refractivity contribution is 7.91. The van der Waals surface area contributed by atoms with E-state index in [-0.39, 0.29) is 21.3 Å². The number of benzene rings is 2. The monoisotopic (exact) mass is 586 g/mol. The minimum atomic E-state index is -3.83. The second-order valence-electron chi connectivity index (χ2n) is 11.9. The fourth-order valence-electron chi connectivity index (χ4n) is 5.63. The number of sulfone groups is 1. The minimum absolute atomic E-state index is 0.269. The van der Waals surface area contributed by atoms with Gasteiger partial charge in [0.1, 0.15) is 11.5 Å². The highest BCUT2D eigenvalue weighted by atomic mass is 32.2. The lowest BCUT2D eigenvalue weighted by atomic mass is 9.99. The Balaban J connectivity index is 2.51. The van der Waals surface area contributed by atoms with E-state index < -0.39 is 9.84 Å². The third-order valence-corrected chi connectivity index (χ3v) is 10.0. The van der Waals surface area contributed by atoms with E-state index in [4.69, 9.17) is 0 Å². The maximum absolute atomic E-state index is 14.2. The first-order valence-electron chi connectivity index (χ1n) is 16.7. The maximum atomic E-state index is 14.2. The molecule has 0 aliphatic rings. The molecule has 0 bridgehead atoms. The molecule has 0 unspecified atom stereocenters. The van der Waals surface area contributed by atoms with E-state index in [0.29, 0.717) is 25.7 Å². The van der Waals surface area contributed by atoms with Gasteiger partial charge in [0.15, 0.2) is 0 Å². The van der Waals surface area contributed by atoms with Crippen molar-refractivity contribution in [3.05, 3.63) is 46.5 Å². The first-order chi connectivity index (χ1) is 19.8. The summed E-state index contributed by atoms with van der Waals surface area (Å²) in [6.07, 6.45) is 19.8. The van der Waals surface area contributed by atoms with Gasteiger partial charge < -0.3 is 10.2 Å². The third-order valence-electron chi connectivity index (χ3n) is 8.30. The third kappa shape index (κ3) is 11.3. The normalized spacial score (nSPS) is 11.8. The summed E-state index contributed by atoms with van der Waals surface area (Å²) < 4.78 is 28.4. The van der Waals surface area contributed by atoms with Gasteiger partial charge in [0.25, 0.3) is 0 Å².